The molecule has 1 heterocycles. The lowest BCUT2D eigenvalue weighted by Crippen LogP contribution is -2.21. The van der Waals surface area contributed by atoms with Gasteiger partial charge in [0.1, 0.15) is 0 Å². The van der Waals surface area contributed by atoms with Crippen molar-refractivity contribution in [2.45, 2.75) is 25.9 Å². The van der Waals surface area contributed by atoms with Crippen molar-refractivity contribution >= 4 is 16.8 Å². The van der Waals surface area contributed by atoms with E-state index in [1.807, 2.05) is 7.05 Å². The number of carbonyl (C=O) groups excluding carboxylic acids is 1. The van der Waals surface area contributed by atoms with Gasteiger partial charge < -0.3 is 14.8 Å². The average Bonchev–Trinajstić information content (AvgIpc) is 2.81. The summed E-state index contributed by atoms with van der Waals surface area (Å²) in [5, 5.41) is 4.42. The first-order valence-corrected chi connectivity index (χ1v) is 7.04. The summed E-state index contributed by atoms with van der Waals surface area (Å²) < 4.78 is 2.22. The van der Waals surface area contributed by atoms with E-state index in [-0.39, 0.29) is 5.91 Å². The van der Waals surface area contributed by atoms with Gasteiger partial charge in [-0.2, -0.15) is 0 Å². The number of nitrogens with zero attached hydrogens (tertiary/aromatic N) is 2. The number of hydrogen-bond donors (Lipinski definition) is 1. The molecule has 0 saturated carbocycles. The maximum absolute atomic E-state index is 11.6. The van der Waals surface area contributed by atoms with Gasteiger partial charge in [-0.1, -0.05) is 6.07 Å². The second kappa shape index (κ2) is 6.57. The van der Waals surface area contributed by atoms with Gasteiger partial charge in [0.15, 0.2) is 0 Å². The van der Waals surface area contributed by atoms with Gasteiger partial charge in [0.2, 0.25) is 5.91 Å². The molecule has 0 bridgehead atoms. The summed E-state index contributed by atoms with van der Waals surface area (Å²) in [5.41, 5.74) is 2.53. The average molecular weight is 273 g/mol. The number of aromatic nitrogens is 1. The van der Waals surface area contributed by atoms with E-state index < -0.39 is 0 Å². The predicted octanol–water partition coefficient (Wildman–Crippen LogP) is 2.23. The van der Waals surface area contributed by atoms with Crippen LogP contribution in [0.25, 0.3) is 10.9 Å². The topological polar surface area (TPSA) is 37.3 Å². The first kappa shape index (κ1) is 14.6. The van der Waals surface area contributed by atoms with Crippen LogP contribution in [0.3, 0.4) is 0 Å². The molecule has 4 heteroatoms. The van der Waals surface area contributed by atoms with Gasteiger partial charge in [0.25, 0.3) is 0 Å². The molecular weight excluding hydrogens is 250 g/mol. The molecule has 0 aliphatic rings. The van der Waals surface area contributed by atoms with Gasteiger partial charge in [-0.3, -0.25) is 4.79 Å². The summed E-state index contributed by atoms with van der Waals surface area (Å²) >= 11 is 0. The summed E-state index contributed by atoms with van der Waals surface area (Å²) in [6, 6.07) is 8.67. The SMILES string of the molecule is CNCc1ccc2c(ccn2CCCC(=O)N(C)C)c1. The maximum Gasteiger partial charge on any atom is 0.222 e. The fourth-order valence-electron chi connectivity index (χ4n) is 2.38. The quantitative estimate of drug-likeness (QED) is 0.876. The zero-order valence-electron chi connectivity index (χ0n) is 12.5. The lowest BCUT2D eigenvalue weighted by molar-refractivity contribution is -0.128. The van der Waals surface area contributed by atoms with Crippen molar-refractivity contribution in [3.63, 3.8) is 0 Å². The van der Waals surface area contributed by atoms with Crippen LogP contribution in [0.15, 0.2) is 30.5 Å². The summed E-state index contributed by atoms with van der Waals surface area (Å²) in [6.45, 7) is 1.77. The van der Waals surface area contributed by atoms with Crippen molar-refractivity contribution in [3.05, 3.63) is 36.0 Å². The highest BCUT2D eigenvalue weighted by molar-refractivity contribution is 5.81. The molecule has 0 radical (unpaired) electrons. The zero-order chi connectivity index (χ0) is 14.5. The number of nitrogens with one attached hydrogen (secondary N) is 1. The van der Waals surface area contributed by atoms with Gasteiger partial charge in [-0.05, 0) is 42.6 Å². The zero-order valence-corrected chi connectivity index (χ0v) is 12.5. The van der Waals surface area contributed by atoms with Crippen LogP contribution in [0, 0.1) is 0 Å². The molecule has 0 spiro atoms. The van der Waals surface area contributed by atoms with Crippen molar-refractivity contribution in [3.8, 4) is 0 Å². The summed E-state index contributed by atoms with van der Waals surface area (Å²) in [5.74, 6) is 0.192. The van der Waals surface area contributed by atoms with Gasteiger partial charge in [-0.25, -0.2) is 0 Å². The van der Waals surface area contributed by atoms with E-state index in [1.165, 1.54) is 16.5 Å². The molecule has 1 aromatic heterocycles. The highest BCUT2D eigenvalue weighted by Gasteiger charge is 2.05. The van der Waals surface area contributed by atoms with Crippen LogP contribution < -0.4 is 5.32 Å². The first-order valence-electron chi connectivity index (χ1n) is 7.04. The molecule has 0 unspecified atom stereocenters. The van der Waals surface area contributed by atoms with Gasteiger partial charge in [0.05, 0.1) is 0 Å². The monoisotopic (exact) mass is 273 g/mol. The van der Waals surface area contributed by atoms with Crippen molar-refractivity contribution in [2.75, 3.05) is 21.1 Å². The van der Waals surface area contributed by atoms with Crippen LogP contribution in [-0.4, -0.2) is 36.5 Å². The lowest BCUT2D eigenvalue weighted by atomic mass is 10.1. The molecule has 1 amide bonds. The summed E-state index contributed by atoms with van der Waals surface area (Å²) in [7, 11) is 5.56. The van der Waals surface area contributed by atoms with Crippen LogP contribution in [0.2, 0.25) is 0 Å². The van der Waals surface area contributed by atoms with E-state index in [4.69, 9.17) is 0 Å². The van der Waals surface area contributed by atoms with Crippen molar-refractivity contribution in [1.29, 1.82) is 0 Å². The second-order valence-electron chi connectivity index (χ2n) is 5.32. The number of rotatable bonds is 6. The summed E-state index contributed by atoms with van der Waals surface area (Å²) in [4.78, 5) is 13.2. The van der Waals surface area contributed by atoms with E-state index in [2.05, 4.69) is 40.3 Å². The molecular formula is C16H23N3O. The van der Waals surface area contributed by atoms with E-state index in [1.54, 1.807) is 19.0 Å². The van der Waals surface area contributed by atoms with Crippen molar-refractivity contribution < 1.29 is 4.79 Å². The highest BCUT2D eigenvalue weighted by atomic mass is 16.2. The Bertz CT molecular complexity index is 586. The molecule has 108 valence electrons. The number of amides is 1. The van der Waals surface area contributed by atoms with Crippen LogP contribution in [0.5, 0.6) is 0 Å². The number of benzene rings is 1. The van der Waals surface area contributed by atoms with Crippen LogP contribution >= 0.6 is 0 Å². The Hall–Kier alpha value is -1.81. The Balaban J connectivity index is 2.02. The van der Waals surface area contributed by atoms with Gasteiger partial charge in [-0.15, -0.1) is 0 Å². The Morgan fingerprint density at radius 3 is 2.80 bits per heavy atom. The van der Waals surface area contributed by atoms with Gasteiger partial charge >= 0.3 is 0 Å². The molecule has 20 heavy (non-hydrogen) atoms. The van der Waals surface area contributed by atoms with Crippen LogP contribution in [-0.2, 0) is 17.9 Å². The summed E-state index contributed by atoms with van der Waals surface area (Å²) in [6.07, 6.45) is 3.58. The first-order chi connectivity index (χ1) is 9.61. The molecule has 1 aromatic carbocycles. The number of aryl methyl sites for hydroxylation is 1. The molecule has 2 rings (SSSR count). The van der Waals surface area contributed by atoms with E-state index in [9.17, 15) is 4.79 Å². The molecule has 0 aliphatic carbocycles. The Labute approximate surface area is 120 Å². The number of fused-ring (bicyclic) bond motifs is 1. The Morgan fingerprint density at radius 1 is 1.30 bits per heavy atom. The van der Waals surface area contributed by atoms with Crippen LogP contribution in [0.1, 0.15) is 18.4 Å². The van der Waals surface area contributed by atoms with Crippen LogP contribution in [0.4, 0.5) is 0 Å². The molecule has 2 aromatic rings. The number of hydrogen-bond acceptors (Lipinski definition) is 2. The van der Waals surface area contributed by atoms with Crippen molar-refractivity contribution in [2.24, 2.45) is 0 Å². The smallest absolute Gasteiger partial charge is 0.222 e. The molecule has 0 saturated heterocycles. The Morgan fingerprint density at radius 2 is 2.10 bits per heavy atom. The van der Waals surface area contributed by atoms with E-state index in [0.29, 0.717) is 6.42 Å². The molecule has 4 nitrogen and oxygen atoms in total. The lowest BCUT2D eigenvalue weighted by Gasteiger charge is -2.10. The standard InChI is InChI=1S/C16H23N3O/c1-17-12-13-6-7-15-14(11-13)8-10-19(15)9-4-5-16(20)18(2)3/h6-8,10-11,17H,4-5,9,12H2,1-3H3. The molecule has 0 aliphatic heterocycles. The predicted molar refractivity (Wildman–Crippen MR) is 82.6 cm³/mol. The molecule has 1 N–H and O–H groups in total. The molecule has 0 atom stereocenters. The normalized spacial score (nSPS) is 10.9. The third kappa shape index (κ3) is 3.39. The third-order valence-corrected chi connectivity index (χ3v) is 3.50. The maximum atomic E-state index is 11.6. The highest BCUT2D eigenvalue weighted by Crippen LogP contribution is 2.18. The minimum absolute atomic E-state index is 0.192. The Kier molecular flexibility index (Phi) is 4.79. The molecule has 0 fully saturated rings. The number of carbonyl (C=O) groups is 1. The minimum Gasteiger partial charge on any atom is -0.349 e. The van der Waals surface area contributed by atoms with E-state index in [0.717, 1.165) is 19.5 Å². The fourth-order valence-corrected chi connectivity index (χ4v) is 2.38. The van der Waals surface area contributed by atoms with Gasteiger partial charge in [0, 0.05) is 45.3 Å². The minimum atomic E-state index is 0.192. The van der Waals surface area contributed by atoms with Crippen molar-refractivity contribution in [1.82, 2.24) is 14.8 Å². The second-order valence-corrected chi connectivity index (χ2v) is 5.32. The third-order valence-electron chi connectivity index (χ3n) is 3.50. The largest absolute Gasteiger partial charge is 0.349 e. The fraction of sp³-hybridized carbons (Fsp3) is 0.438. The van der Waals surface area contributed by atoms with E-state index >= 15 is 0 Å².